The van der Waals surface area contributed by atoms with Crippen molar-refractivity contribution in [2.75, 3.05) is 12.0 Å². The lowest BCUT2D eigenvalue weighted by atomic mass is 9.77. The zero-order valence-corrected chi connectivity index (χ0v) is 15.1. The van der Waals surface area contributed by atoms with Crippen LogP contribution in [-0.4, -0.2) is 23.9 Å². The van der Waals surface area contributed by atoms with Gasteiger partial charge in [-0.1, -0.05) is 24.3 Å². The number of para-hydroxylation sites is 1. The normalized spacial score (nSPS) is 19.9. The van der Waals surface area contributed by atoms with Gasteiger partial charge in [0.25, 0.3) is 0 Å². The van der Waals surface area contributed by atoms with E-state index in [1.165, 1.54) is 7.11 Å². The lowest BCUT2D eigenvalue weighted by Crippen LogP contribution is -2.40. The summed E-state index contributed by atoms with van der Waals surface area (Å²) in [6.07, 6.45) is 2.17. The quantitative estimate of drug-likeness (QED) is 0.897. The molecule has 2 aliphatic rings. The predicted molar refractivity (Wildman–Crippen MR) is 102 cm³/mol. The number of aromatic hydroxyl groups is 1. The summed E-state index contributed by atoms with van der Waals surface area (Å²) in [7, 11) is 1.48. The van der Waals surface area contributed by atoms with Gasteiger partial charge in [0.05, 0.1) is 7.11 Å². The molecule has 1 atom stereocenters. The summed E-state index contributed by atoms with van der Waals surface area (Å²) in [6.45, 7) is 0. The first-order valence-electron chi connectivity index (χ1n) is 9.11. The average molecular weight is 363 g/mol. The number of phenolic OH excluding ortho intramolecular Hbond substituents is 1. The summed E-state index contributed by atoms with van der Waals surface area (Å²) >= 11 is 0. The number of allylic oxidation sites excluding steroid dienone is 2. The highest BCUT2D eigenvalue weighted by Gasteiger charge is 2.39. The fourth-order valence-corrected chi connectivity index (χ4v) is 4.07. The van der Waals surface area contributed by atoms with Crippen molar-refractivity contribution in [3.8, 4) is 11.5 Å². The maximum Gasteiger partial charge on any atom is 0.232 e. The molecule has 1 amide bonds. The van der Waals surface area contributed by atoms with Gasteiger partial charge in [0.2, 0.25) is 5.91 Å². The SMILES string of the molecule is COc1cc(C2CC(=O)N(c3ccccc3)C3=C2C(=O)CCC3)ccc1O. The van der Waals surface area contributed by atoms with Crippen molar-refractivity contribution in [3.63, 3.8) is 0 Å². The molecule has 4 rings (SSSR count). The number of phenols is 1. The Bertz CT molecular complexity index is 933. The molecule has 2 aromatic rings. The van der Waals surface area contributed by atoms with E-state index in [1.54, 1.807) is 23.1 Å². The lowest BCUT2D eigenvalue weighted by Gasteiger charge is -2.38. The Labute approximate surface area is 157 Å². The Morgan fingerprint density at radius 2 is 1.85 bits per heavy atom. The molecule has 1 N–H and O–H groups in total. The fraction of sp³-hybridized carbons (Fsp3) is 0.273. The molecule has 1 aliphatic carbocycles. The van der Waals surface area contributed by atoms with Crippen molar-refractivity contribution in [1.29, 1.82) is 0 Å². The van der Waals surface area contributed by atoms with Gasteiger partial charge in [-0.15, -0.1) is 0 Å². The first-order chi connectivity index (χ1) is 13.1. The molecule has 0 fully saturated rings. The van der Waals surface area contributed by atoms with Crippen LogP contribution in [0.25, 0.3) is 0 Å². The largest absolute Gasteiger partial charge is 0.504 e. The number of benzene rings is 2. The van der Waals surface area contributed by atoms with E-state index in [9.17, 15) is 14.7 Å². The Hall–Kier alpha value is -3.08. The third kappa shape index (κ3) is 2.99. The third-order valence-corrected chi connectivity index (χ3v) is 5.30. The van der Waals surface area contributed by atoms with Crippen LogP contribution in [0, 0.1) is 0 Å². The molecule has 0 saturated carbocycles. The molecule has 1 aliphatic heterocycles. The molecule has 0 radical (unpaired) electrons. The molecule has 27 heavy (non-hydrogen) atoms. The number of hydrogen-bond acceptors (Lipinski definition) is 4. The number of carbonyl (C=O) groups excluding carboxylic acids is 2. The molecule has 138 valence electrons. The number of hydrogen-bond donors (Lipinski definition) is 1. The number of ether oxygens (including phenoxy) is 1. The molecule has 0 spiro atoms. The zero-order chi connectivity index (χ0) is 19.0. The Kier molecular flexibility index (Phi) is 4.44. The second-order valence-electron chi connectivity index (χ2n) is 6.89. The highest BCUT2D eigenvalue weighted by atomic mass is 16.5. The molecule has 0 bridgehead atoms. The summed E-state index contributed by atoms with van der Waals surface area (Å²) in [5.74, 6) is 0.150. The molecule has 5 nitrogen and oxygen atoms in total. The summed E-state index contributed by atoms with van der Waals surface area (Å²) in [4.78, 5) is 27.6. The van der Waals surface area contributed by atoms with Crippen molar-refractivity contribution in [3.05, 3.63) is 65.4 Å². The van der Waals surface area contributed by atoms with Gasteiger partial charge < -0.3 is 9.84 Å². The molecule has 0 saturated heterocycles. The van der Waals surface area contributed by atoms with Crippen molar-refractivity contribution >= 4 is 17.4 Å². The Balaban J connectivity index is 1.85. The van der Waals surface area contributed by atoms with Crippen LogP contribution in [-0.2, 0) is 9.59 Å². The van der Waals surface area contributed by atoms with Gasteiger partial charge in [-0.05, 0) is 42.7 Å². The molecule has 5 heteroatoms. The van der Waals surface area contributed by atoms with E-state index in [-0.39, 0.29) is 29.8 Å². The van der Waals surface area contributed by atoms with E-state index in [0.717, 1.165) is 28.9 Å². The summed E-state index contributed by atoms with van der Waals surface area (Å²) < 4.78 is 5.21. The van der Waals surface area contributed by atoms with Crippen LogP contribution in [0.4, 0.5) is 5.69 Å². The number of methoxy groups -OCH3 is 1. The number of amides is 1. The van der Waals surface area contributed by atoms with Crippen molar-refractivity contribution in [2.24, 2.45) is 0 Å². The van der Waals surface area contributed by atoms with Crippen LogP contribution in [0.5, 0.6) is 11.5 Å². The smallest absolute Gasteiger partial charge is 0.232 e. The van der Waals surface area contributed by atoms with E-state index >= 15 is 0 Å². The van der Waals surface area contributed by atoms with Gasteiger partial charge in [-0.25, -0.2) is 0 Å². The lowest BCUT2D eigenvalue weighted by molar-refractivity contribution is -0.119. The van der Waals surface area contributed by atoms with Crippen molar-refractivity contribution in [2.45, 2.75) is 31.6 Å². The van der Waals surface area contributed by atoms with E-state index in [4.69, 9.17) is 4.74 Å². The molecule has 1 unspecified atom stereocenters. The van der Waals surface area contributed by atoms with Crippen LogP contribution in [0.1, 0.15) is 37.2 Å². The number of anilines is 1. The minimum Gasteiger partial charge on any atom is -0.504 e. The van der Waals surface area contributed by atoms with E-state index < -0.39 is 0 Å². The van der Waals surface area contributed by atoms with E-state index in [1.807, 2.05) is 30.3 Å². The van der Waals surface area contributed by atoms with Crippen molar-refractivity contribution < 1.29 is 19.4 Å². The first kappa shape index (κ1) is 17.3. The van der Waals surface area contributed by atoms with Gasteiger partial charge in [0.1, 0.15) is 0 Å². The molecule has 1 heterocycles. The van der Waals surface area contributed by atoms with Gasteiger partial charge in [-0.2, -0.15) is 0 Å². The monoisotopic (exact) mass is 363 g/mol. The number of rotatable bonds is 3. The third-order valence-electron chi connectivity index (χ3n) is 5.30. The number of ketones is 1. The van der Waals surface area contributed by atoms with Crippen LogP contribution in [0.3, 0.4) is 0 Å². The van der Waals surface area contributed by atoms with Crippen LogP contribution in [0.15, 0.2) is 59.8 Å². The zero-order valence-electron chi connectivity index (χ0n) is 15.1. The minimum absolute atomic E-state index is 0.0216. The second-order valence-corrected chi connectivity index (χ2v) is 6.89. The highest BCUT2D eigenvalue weighted by molar-refractivity contribution is 6.07. The first-order valence-corrected chi connectivity index (χ1v) is 9.11. The topological polar surface area (TPSA) is 66.8 Å². The van der Waals surface area contributed by atoms with E-state index in [2.05, 4.69) is 0 Å². The summed E-state index contributed by atoms with van der Waals surface area (Å²) in [5, 5.41) is 9.88. The van der Waals surface area contributed by atoms with Crippen LogP contribution in [0.2, 0.25) is 0 Å². The average Bonchev–Trinajstić information content (AvgIpc) is 2.68. The Morgan fingerprint density at radius 3 is 2.59 bits per heavy atom. The number of carbonyl (C=O) groups is 2. The van der Waals surface area contributed by atoms with Gasteiger partial charge in [0.15, 0.2) is 17.3 Å². The fourth-order valence-electron chi connectivity index (χ4n) is 4.07. The van der Waals surface area contributed by atoms with Crippen LogP contribution < -0.4 is 9.64 Å². The van der Waals surface area contributed by atoms with Gasteiger partial charge in [-0.3, -0.25) is 14.5 Å². The highest BCUT2D eigenvalue weighted by Crippen LogP contribution is 2.44. The molecule has 0 aromatic heterocycles. The molecular weight excluding hydrogens is 342 g/mol. The minimum atomic E-state index is -0.310. The van der Waals surface area contributed by atoms with Gasteiger partial charge in [0, 0.05) is 35.7 Å². The van der Waals surface area contributed by atoms with Crippen LogP contribution >= 0.6 is 0 Å². The van der Waals surface area contributed by atoms with Crippen molar-refractivity contribution in [1.82, 2.24) is 0 Å². The Morgan fingerprint density at radius 1 is 1.07 bits per heavy atom. The summed E-state index contributed by atoms with van der Waals surface area (Å²) in [6, 6.07) is 14.5. The maximum atomic E-state index is 13.1. The molecule has 2 aromatic carbocycles. The predicted octanol–water partition coefficient (Wildman–Crippen LogP) is 3.93. The summed E-state index contributed by atoms with van der Waals surface area (Å²) in [5.41, 5.74) is 3.14. The van der Waals surface area contributed by atoms with Gasteiger partial charge >= 0.3 is 0 Å². The number of Topliss-reactive ketones (excluding diaryl/α,β-unsaturated/α-hetero) is 1. The standard InChI is InChI=1S/C22H21NO4/c1-27-20-12-14(10-11-18(20)24)16-13-21(26)23(15-6-3-2-4-7-15)17-8-5-9-19(25)22(16)17/h2-4,6-7,10-12,16,24H,5,8-9,13H2,1H3. The molecular formula is C22H21NO4. The maximum absolute atomic E-state index is 13.1. The van der Waals surface area contributed by atoms with E-state index in [0.29, 0.717) is 18.6 Å². The number of nitrogens with zero attached hydrogens (tertiary/aromatic N) is 1. The second kappa shape index (κ2) is 6.91.